The molecule has 1 heterocycles. The van der Waals surface area contributed by atoms with Crippen LogP contribution in [-0.4, -0.2) is 36.2 Å². The van der Waals surface area contributed by atoms with Gasteiger partial charge < -0.3 is 5.32 Å². The van der Waals surface area contributed by atoms with Gasteiger partial charge in [-0.1, -0.05) is 36.0 Å². The second kappa shape index (κ2) is 10.3. The summed E-state index contributed by atoms with van der Waals surface area (Å²) >= 11 is 1.38. The van der Waals surface area contributed by atoms with Crippen LogP contribution in [0.3, 0.4) is 0 Å². The number of thioether (sulfide) groups is 1. The van der Waals surface area contributed by atoms with Crippen molar-refractivity contribution in [1.29, 1.82) is 0 Å². The summed E-state index contributed by atoms with van der Waals surface area (Å²) in [7, 11) is -3.40. The van der Waals surface area contributed by atoms with Crippen LogP contribution < -0.4 is 10.0 Å². The lowest BCUT2D eigenvalue weighted by Crippen LogP contribution is -2.31. The van der Waals surface area contributed by atoms with Crippen LogP contribution in [-0.2, 0) is 22.3 Å². The number of imidazole rings is 1. The van der Waals surface area contributed by atoms with Gasteiger partial charge in [-0.25, -0.2) is 22.5 Å². The van der Waals surface area contributed by atoms with Gasteiger partial charge in [-0.05, 0) is 55.5 Å². The van der Waals surface area contributed by atoms with Crippen molar-refractivity contribution in [1.82, 2.24) is 19.6 Å². The Morgan fingerprint density at radius 2 is 1.72 bits per heavy atom. The molecule has 0 aliphatic rings. The number of carbonyl (C=O) groups excluding carboxylic acids is 1. The van der Waals surface area contributed by atoms with E-state index in [-0.39, 0.29) is 30.1 Å². The Bertz CT molecular complexity index is 1170. The first-order chi connectivity index (χ1) is 15.2. The molecule has 2 N–H and O–H groups in total. The molecule has 1 aromatic heterocycles. The van der Waals surface area contributed by atoms with Crippen molar-refractivity contribution in [3.8, 4) is 5.69 Å². The van der Waals surface area contributed by atoms with E-state index in [0.29, 0.717) is 22.1 Å². The van der Waals surface area contributed by atoms with Crippen LogP contribution in [0.25, 0.3) is 5.69 Å². The monoisotopic (exact) mass is 476 g/mol. The van der Waals surface area contributed by atoms with Gasteiger partial charge in [0.25, 0.3) is 5.91 Å². The van der Waals surface area contributed by atoms with E-state index in [9.17, 15) is 17.6 Å². The maximum Gasteiger partial charge on any atom is 0.270 e. The number of amides is 1. The molecule has 0 saturated carbocycles. The minimum Gasteiger partial charge on any atom is -0.347 e. The van der Waals surface area contributed by atoms with Crippen LogP contribution in [0.2, 0.25) is 0 Å². The Morgan fingerprint density at radius 1 is 1.09 bits per heavy atom. The fourth-order valence-electron chi connectivity index (χ4n) is 3.13. The van der Waals surface area contributed by atoms with E-state index in [4.69, 9.17) is 0 Å². The van der Waals surface area contributed by atoms with Crippen molar-refractivity contribution >= 4 is 27.7 Å². The van der Waals surface area contributed by atoms with Crippen molar-refractivity contribution in [3.05, 3.63) is 77.4 Å². The summed E-state index contributed by atoms with van der Waals surface area (Å²) in [5, 5.41) is 3.47. The smallest absolute Gasteiger partial charge is 0.270 e. The van der Waals surface area contributed by atoms with E-state index < -0.39 is 10.0 Å². The molecule has 0 bridgehead atoms. The molecule has 1 amide bonds. The molecule has 0 fully saturated rings. The molecule has 10 heteroatoms. The number of nitrogens with zero attached hydrogens (tertiary/aromatic N) is 2. The average Bonchev–Trinajstić information content (AvgIpc) is 3.16. The number of hydrogen-bond donors (Lipinski definition) is 2. The summed E-state index contributed by atoms with van der Waals surface area (Å²) in [6.07, 6.45) is 3.34. The molecular weight excluding hydrogens is 451 g/mol. The molecule has 0 unspecified atom stereocenters. The lowest BCUT2D eigenvalue weighted by molar-refractivity contribution is 0.0943. The summed E-state index contributed by atoms with van der Waals surface area (Å²) < 4.78 is 41.7. The zero-order valence-electron chi connectivity index (χ0n) is 18.0. The summed E-state index contributed by atoms with van der Waals surface area (Å²) in [6.45, 7) is 3.81. The molecule has 2 aromatic carbocycles. The molecule has 32 heavy (non-hydrogen) atoms. The zero-order valence-corrected chi connectivity index (χ0v) is 19.6. The first kappa shape index (κ1) is 24.0. The quantitative estimate of drug-likeness (QED) is 0.461. The molecule has 170 valence electrons. The maximum absolute atomic E-state index is 13.3. The van der Waals surface area contributed by atoms with Crippen LogP contribution in [0.4, 0.5) is 4.39 Å². The Labute approximate surface area is 191 Å². The highest BCUT2D eigenvalue weighted by molar-refractivity contribution is 7.98. The van der Waals surface area contributed by atoms with Gasteiger partial charge in [-0.15, -0.1) is 0 Å². The number of aromatic nitrogens is 2. The van der Waals surface area contributed by atoms with E-state index in [2.05, 4.69) is 15.0 Å². The fourth-order valence-corrected chi connectivity index (χ4v) is 5.10. The highest BCUT2D eigenvalue weighted by atomic mass is 32.2. The van der Waals surface area contributed by atoms with Crippen molar-refractivity contribution in [2.75, 3.05) is 6.26 Å². The number of benzene rings is 2. The highest BCUT2D eigenvalue weighted by Crippen LogP contribution is 2.22. The van der Waals surface area contributed by atoms with Crippen LogP contribution in [0.5, 0.6) is 0 Å². The predicted octanol–water partition coefficient (Wildman–Crippen LogP) is 3.49. The molecule has 0 aliphatic carbocycles. The average molecular weight is 477 g/mol. The first-order valence-corrected chi connectivity index (χ1v) is 12.8. The lowest BCUT2D eigenvalue weighted by atomic mass is 10.1. The highest BCUT2D eigenvalue weighted by Gasteiger charge is 2.18. The van der Waals surface area contributed by atoms with Gasteiger partial charge in [0, 0.05) is 18.3 Å². The molecule has 0 aliphatic heterocycles. The van der Waals surface area contributed by atoms with Crippen molar-refractivity contribution < 1.29 is 17.6 Å². The number of carbonyl (C=O) groups is 1. The first-order valence-electron chi connectivity index (χ1n) is 9.92. The zero-order chi connectivity index (χ0) is 23.3. The molecule has 3 aromatic rings. The van der Waals surface area contributed by atoms with Crippen molar-refractivity contribution in [2.45, 2.75) is 37.3 Å². The Hall–Kier alpha value is -2.69. The third-order valence-corrected chi connectivity index (χ3v) is 6.67. The summed E-state index contributed by atoms with van der Waals surface area (Å²) in [5.74, 6) is -0.789. The van der Waals surface area contributed by atoms with Gasteiger partial charge >= 0.3 is 0 Å². The molecular formula is C22H25FN4O3S2. The second-order valence-corrected chi connectivity index (χ2v) is 10.0. The van der Waals surface area contributed by atoms with E-state index >= 15 is 0 Å². The number of halogens is 1. The van der Waals surface area contributed by atoms with Crippen LogP contribution >= 0.6 is 11.8 Å². The summed E-state index contributed by atoms with van der Waals surface area (Å²) in [4.78, 5) is 17.1. The fraction of sp³-hybridized carbons (Fsp3) is 0.273. The lowest BCUT2D eigenvalue weighted by Gasteiger charge is -2.12. The number of nitrogens with one attached hydrogen (secondary N) is 2. The normalized spacial score (nSPS) is 11.7. The minimum atomic E-state index is -3.40. The summed E-state index contributed by atoms with van der Waals surface area (Å²) in [6, 6.07) is 12.7. The Balaban J connectivity index is 1.69. The van der Waals surface area contributed by atoms with Gasteiger partial charge in [0.2, 0.25) is 10.0 Å². The van der Waals surface area contributed by atoms with Gasteiger partial charge in [-0.3, -0.25) is 9.36 Å². The molecule has 3 rings (SSSR count). The number of sulfonamides is 1. The van der Waals surface area contributed by atoms with Crippen LogP contribution in [0, 0.1) is 5.82 Å². The Kier molecular flexibility index (Phi) is 7.70. The maximum atomic E-state index is 13.3. The third kappa shape index (κ3) is 6.18. The SMILES string of the molecule is CSc1ncc(C(=O)NCc2ccc(CS(=O)(=O)NC(C)C)cc2)n1-c1ccc(F)cc1. The molecule has 0 radical (unpaired) electrons. The van der Waals surface area contributed by atoms with Gasteiger partial charge in [-0.2, -0.15) is 0 Å². The summed E-state index contributed by atoms with van der Waals surface area (Å²) in [5.41, 5.74) is 2.46. The second-order valence-electron chi connectivity index (χ2n) is 7.47. The number of rotatable bonds is 9. The molecule has 0 saturated heterocycles. The van der Waals surface area contributed by atoms with Gasteiger partial charge in [0.05, 0.1) is 11.9 Å². The predicted molar refractivity (Wildman–Crippen MR) is 124 cm³/mol. The van der Waals surface area contributed by atoms with Crippen molar-refractivity contribution in [2.24, 2.45) is 0 Å². The van der Waals surface area contributed by atoms with Crippen LogP contribution in [0.15, 0.2) is 59.9 Å². The van der Waals surface area contributed by atoms with E-state index in [0.717, 1.165) is 5.56 Å². The van der Waals surface area contributed by atoms with Crippen molar-refractivity contribution in [3.63, 3.8) is 0 Å². The standard InChI is InChI=1S/C22H25FN4O3S2/c1-15(2)26-32(29,30)14-17-6-4-16(5-7-17)12-24-21(28)20-13-25-22(31-3)27(20)19-10-8-18(23)9-11-19/h4-11,13,15,26H,12,14H2,1-3H3,(H,24,28). The molecule has 7 nitrogen and oxygen atoms in total. The van der Waals surface area contributed by atoms with Gasteiger partial charge in [0.15, 0.2) is 5.16 Å². The number of hydrogen-bond acceptors (Lipinski definition) is 5. The minimum absolute atomic E-state index is 0.105. The molecule has 0 spiro atoms. The largest absolute Gasteiger partial charge is 0.347 e. The third-order valence-electron chi connectivity index (χ3n) is 4.48. The van der Waals surface area contributed by atoms with E-state index in [1.54, 1.807) is 54.8 Å². The van der Waals surface area contributed by atoms with E-state index in [1.165, 1.54) is 30.1 Å². The topological polar surface area (TPSA) is 93.1 Å². The Morgan fingerprint density at radius 3 is 2.31 bits per heavy atom. The van der Waals surface area contributed by atoms with E-state index in [1.807, 2.05) is 6.26 Å². The van der Waals surface area contributed by atoms with Crippen LogP contribution in [0.1, 0.15) is 35.5 Å². The molecule has 0 atom stereocenters. The van der Waals surface area contributed by atoms with Gasteiger partial charge in [0.1, 0.15) is 11.5 Å².